The Kier molecular flexibility index (Phi) is 1.86. The van der Waals surface area contributed by atoms with Gasteiger partial charge in [-0.15, -0.1) is 12.3 Å². The first-order valence-electron chi connectivity index (χ1n) is 4.63. The number of hydrogen-bond donors (Lipinski definition) is 1. The lowest BCUT2D eigenvalue weighted by atomic mass is 9.80. The van der Waals surface area contributed by atoms with Crippen molar-refractivity contribution in [1.82, 2.24) is 4.90 Å². The number of piperidine rings is 1. The quantitative estimate of drug-likeness (QED) is 0.571. The predicted octanol–water partition coefficient (Wildman–Crippen LogP) is 0.466. The van der Waals surface area contributed by atoms with E-state index in [1.54, 1.807) is 0 Å². The summed E-state index contributed by atoms with van der Waals surface area (Å²) < 4.78 is 0. The van der Waals surface area contributed by atoms with Gasteiger partial charge >= 0.3 is 0 Å². The van der Waals surface area contributed by atoms with Gasteiger partial charge < -0.3 is 10.0 Å². The van der Waals surface area contributed by atoms with Crippen molar-refractivity contribution in [3.8, 4) is 12.3 Å². The number of fused-ring (bicyclic) bond motifs is 2. The molecule has 2 aliphatic heterocycles. The first-order valence-corrected chi connectivity index (χ1v) is 4.63. The first kappa shape index (κ1) is 8.10. The zero-order chi connectivity index (χ0) is 8.60. The van der Waals surface area contributed by atoms with Crippen molar-refractivity contribution >= 4 is 0 Å². The van der Waals surface area contributed by atoms with Crippen LogP contribution in [0.3, 0.4) is 0 Å². The van der Waals surface area contributed by atoms with Crippen LogP contribution in [0.1, 0.15) is 19.3 Å². The minimum Gasteiger partial charge on any atom is -0.389 e. The van der Waals surface area contributed by atoms with E-state index in [1.165, 1.54) is 0 Å². The highest BCUT2D eigenvalue weighted by Crippen LogP contribution is 2.37. The van der Waals surface area contributed by atoms with Crippen LogP contribution < -0.4 is 0 Å². The Morgan fingerprint density at radius 3 is 3.17 bits per heavy atom. The van der Waals surface area contributed by atoms with Gasteiger partial charge in [-0.1, -0.05) is 0 Å². The van der Waals surface area contributed by atoms with Crippen LogP contribution in [0.5, 0.6) is 0 Å². The van der Waals surface area contributed by atoms with Gasteiger partial charge in [0.15, 0.2) is 0 Å². The van der Waals surface area contributed by atoms with E-state index in [4.69, 9.17) is 6.42 Å². The molecule has 3 unspecified atom stereocenters. The average molecular weight is 165 g/mol. The molecule has 2 fully saturated rings. The first-order chi connectivity index (χ1) is 5.74. The Labute approximate surface area is 73.6 Å². The molecular weight excluding hydrogens is 150 g/mol. The van der Waals surface area contributed by atoms with Crippen molar-refractivity contribution < 1.29 is 5.11 Å². The molecule has 2 heteroatoms. The Balaban J connectivity index is 2.11. The maximum Gasteiger partial charge on any atom is 0.0809 e. The van der Waals surface area contributed by atoms with E-state index in [0.717, 1.165) is 32.5 Å². The van der Waals surface area contributed by atoms with Crippen LogP contribution >= 0.6 is 0 Å². The molecule has 2 saturated heterocycles. The van der Waals surface area contributed by atoms with Crippen LogP contribution in [-0.2, 0) is 0 Å². The van der Waals surface area contributed by atoms with Crippen molar-refractivity contribution in [2.45, 2.75) is 24.9 Å². The van der Waals surface area contributed by atoms with Gasteiger partial charge in [-0.25, -0.2) is 0 Å². The molecule has 1 N–H and O–H groups in total. The van der Waals surface area contributed by atoms with Crippen LogP contribution in [0.15, 0.2) is 0 Å². The van der Waals surface area contributed by atoms with Crippen LogP contribution in [0.2, 0.25) is 0 Å². The van der Waals surface area contributed by atoms with Crippen LogP contribution in [0.4, 0.5) is 0 Å². The van der Waals surface area contributed by atoms with E-state index in [1.807, 2.05) is 0 Å². The van der Waals surface area contributed by atoms with E-state index in [9.17, 15) is 5.11 Å². The van der Waals surface area contributed by atoms with Crippen molar-refractivity contribution in [3.05, 3.63) is 0 Å². The minimum absolute atomic E-state index is 0.433. The molecule has 0 radical (unpaired) electrons. The third-order valence-corrected chi connectivity index (χ3v) is 3.30. The highest BCUT2D eigenvalue weighted by atomic mass is 16.3. The third-order valence-electron chi connectivity index (χ3n) is 3.30. The second-order valence-corrected chi connectivity index (χ2v) is 4.02. The number of aliphatic hydroxyl groups is 1. The predicted molar refractivity (Wildman–Crippen MR) is 47.6 cm³/mol. The zero-order valence-corrected chi connectivity index (χ0v) is 7.29. The number of nitrogens with zero attached hydrogens (tertiary/aromatic N) is 1. The van der Waals surface area contributed by atoms with Gasteiger partial charge in [0.25, 0.3) is 0 Å². The molecule has 12 heavy (non-hydrogen) atoms. The fraction of sp³-hybridized carbons (Fsp3) is 0.800. The maximum atomic E-state index is 10.2. The fourth-order valence-electron chi connectivity index (χ4n) is 2.44. The fourth-order valence-corrected chi connectivity index (χ4v) is 2.44. The molecule has 2 nitrogen and oxygen atoms in total. The number of rotatable bonds is 1. The van der Waals surface area contributed by atoms with Crippen molar-refractivity contribution in [2.75, 3.05) is 19.6 Å². The summed E-state index contributed by atoms with van der Waals surface area (Å²) >= 11 is 0. The second kappa shape index (κ2) is 2.76. The highest BCUT2D eigenvalue weighted by Gasteiger charge is 2.44. The molecule has 2 rings (SSSR count). The lowest BCUT2D eigenvalue weighted by molar-refractivity contribution is -0.0399. The molecule has 66 valence electrons. The number of terminal acetylenes is 1. The smallest absolute Gasteiger partial charge is 0.0809 e. The lowest BCUT2D eigenvalue weighted by Crippen LogP contribution is -2.46. The maximum absolute atomic E-state index is 10.2. The van der Waals surface area contributed by atoms with Crippen LogP contribution in [0.25, 0.3) is 0 Å². The van der Waals surface area contributed by atoms with Crippen molar-refractivity contribution in [2.24, 2.45) is 5.92 Å². The van der Waals surface area contributed by atoms with Crippen LogP contribution in [0, 0.1) is 18.3 Å². The van der Waals surface area contributed by atoms with Gasteiger partial charge in [0.2, 0.25) is 0 Å². The summed E-state index contributed by atoms with van der Waals surface area (Å²) in [5.41, 5.74) is -0.540. The van der Waals surface area contributed by atoms with Gasteiger partial charge in [0.05, 0.1) is 5.60 Å². The normalized spacial score (nSPS) is 45.7. The topological polar surface area (TPSA) is 23.5 Å². The monoisotopic (exact) mass is 165 g/mol. The molecule has 0 spiro atoms. The van der Waals surface area contributed by atoms with Crippen molar-refractivity contribution in [1.29, 1.82) is 0 Å². The molecular formula is C10H15NO. The highest BCUT2D eigenvalue weighted by molar-refractivity contribution is 5.04. The van der Waals surface area contributed by atoms with Gasteiger partial charge in [0.1, 0.15) is 0 Å². The Hall–Kier alpha value is -0.520. The van der Waals surface area contributed by atoms with E-state index >= 15 is 0 Å². The molecule has 0 aromatic rings. The third kappa shape index (κ3) is 1.14. The molecule has 0 aromatic carbocycles. The van der Waals surface area contributed by atoms with Gasteiger partial charge in [-0.2, -0.15) is 0 Å². The van der Waals surface area contributed by atoms with E-state index in [-0.39, 0.29) is 0 Å². The summed E-state index contributed by atoms with van der Waals surface area (Å²) in [6.45, 7) is 3.23. The molecule has 0 amide bonds. The standard InChI is InChI=1S/C10H15NO/c1-2-4-10(12)5-7-11-6-3-9(10)8-11/h1,9,12H,3-8H2. The summed E-state index contributed by atoms with van der Waals surface area (Å²) in [5.74, 6) is 3.02. The molecule has 0 saturated carbocycles. The molecule has 2 aliphatic rings. The average Bonchev–Trinajstić information content (AvgIpc) is 2.45. The summed E-state index contributed by atoms with van der Waals surface area (Å²) in [7, 11) is 0. The summed E-state index contributed by atoms with van der Waals surface area (Å²) in [4.78, 5) is 2.41. The van der Waals surface area contributed by atoms with E-state index in [0.29, 0.717) is 12.3 Å². The SMILES string of the molecule is C#CCC1(O)CCN2CCC1C2. The van der Waals surface area contributed by atoms with E-state index in [2.05, 4.69) is 10.8 Å². The Morgan fingerprint density at radius 1 is 1.58 bits per heavy atom. The summed E-state index contributed by atoms with van der Waals surface area (Å²) in [6.07, 6.45) is 7.77. The Bertz CT molecular complexity index is 220. The Morgan fingerprint density at radius 2 is 2.42 bits per heavy atom. The summed E-state index contributed by atoms with van der Waals surface area (Å²) in [6, 6.07) is 0. The molecule has 0 aliphatic carbocycles. The minimum atomic E-state index is -0.540. The number of hydrogen-bond acceptors (Lipinski definition) is 2. The van der Waals surface area contributed by atoms with Gasteiger partial charge in [-0.3, -0.25) is 0 Å². The molecule has 0 aromatic heterocycles. The lowest BCUT2D eigenvalue weighted by Gasteiger charge is -2.37. The molecule has 2 heterocycles. The van der Waals surface area contributed by atoms with Gasteiger partial charge in [-0.05, 0) is 19.4 Å². The summed E-state index contributed by atoms with van der Waals surface area (Å²) in [5, 5.41) is 10.2. The molecule has 3 atom stereocenters. The zero-order valence-electron chi connectivity index (χ0n) is 7.29. The van der Waals surface area contributed by atoms with E-state index < -0.39 is 5.60 Å². The van der Waals surface area contributed by atoms with Crippen molar-refractivity contribution in [3.63, 3.8) is 0 Å². The molecule has 2 bridgehead atoms. The van der Waals surface area contributed by atoms with Gasteiger partial charge in [0, 0.05) is 25.4 Å². The largest absolute Gasteiger partial charge is 0.389 e. The van der Waals surface area contributed by atoms with Crippen LogP contribution in [-0.4, -0.2) is 35.2 Å². The second-order valence-electron chi connectivity index (χ2n) is 4.02.